The number of nitrogens with zero attached hydrogens (tertiary/aromatic N) is 2. The molecule has 0 aliphatic carbocycles. The van der Waals surface area contributed by atoms with Crippen molar-refractivity contribution < 1.29 is 4.39 Å². The van der Waals surface area contributed by atoms with Gasteiger partial charge in [-0.25, -0.2) is 4.39 Å². The number of halogens is 1. The highest BCUT2D eigenvalue weighted by molar-refractivity contribution is 5.84. The first-order valence-electron chi connectivity index (χ1n) is 9.86. The first-order chi connectivity index (χ1) is 13.3. The van der Waals surface area contributed by atoms with Crippen LogP contribution in [0.2, 0.25) is 0 Å². The van der Waals surface area contributed by atoms with Gasteiger partial charge in [0.05, 0.1) is 5.69 Å². The molecule has 0 atom stereocenters. The molecule has 4 rings (SSSR count). The van der Waals surface area contributed by atoms with Crippen LogP contribution in [0.15, 0.2) is 55.0 Å². The Morgan fingerprint density at radius 1 is 1.04 bits per heavy atom. The third-order valence-electron chi connectivity index (χ3n) is 5.58. The second kappa shape index (κ2) is 8.05. The van der Waals surface area contributed by atoms with Crippen molar-refractivity contribution in [3.8, 4) is 22.4 Å². The zero-order valence-electron chi connectivity index (χ0n) is 15.8. The van der Waals surface area contributed by atoms with Crippen LogP contribution < -0.4 is 0 Å². The van der Waals surface area contributed by atoms with Crippen LogP contribution >= 0.6 is 0 Å². The standard InChI is InChI=1S/C23H26FN3/c1-2-13-27-14-9-17(10-15-27)21-16-26-23(19-3-5-20(24)6-4-19)22(21)18-7-11-25-12-8-18/h3-8,11-12,16-17,26H,2,9-10,13-15H2,1H3. The molecular formula is C23H26FN3. The van der Waals surface area contributed by atoms with Crippen molar-refractivity contribution in [1.29, 1.82) is 0 Å². The summed E-state index contributed by atoms with van der Waals surface area (Å²) in [6, 6.07) is 10.9. The average molecular weight is 363 g/mol. The van der Waals surface area contributed by atoms with Crippen LogP contribution in [0, 0.1) is 5.82 Å². The number of hydrogen-bond acceptors (Lipinski definition) is 2. The van der Waals surface area contributed by atoms with Crippen LogP contribution in [0.4, 0.5) is 4.39 Å². The van der Waals surface area contributed by atoms with Crippen LogP contribution in [0.5, 0.6) is 0 Å². The van der Waals surface area contributed by atoms with Gasteiger partial charge in [-0.3, -0.25) is 4.98 Å². The van der Waals surface area contributed by atoms with Crippen LogP contribution in [0.3, 0.4) is 0 Å². The molecular weight excluding hydrogens is 337 g/mol. The van der Waals surface area contributed by atoms with Gasteiger partial charge in [0.25, 0.3) is 0 Å². The number of H-pyrrole nitrogens is 1. The molecule has 3 aromatic rings. The fourth-order valence-corrected chi connectivity index (χ4v) is 4.22. The van der Waals surface area contributed by atoms with Crippen molar-refractivity contribution in [3.63, 3.8) is 0 Å². The van der Waals surface area contributed by atoms with Gasteiger partial charge >= 0.3 is 0 Å². The van der Waals surface area contributed by atoms with Crippen LogP contribution in [-0.4, -0.2) is 34.5 Å². The summed E-state index contributed by atoms with van der Waals surface area (Å²) in [6.45, 7) is 5.75. The van der Waals surface area contributed by atoms with Crippen molar-refractivity contribution in [2.45, 2.75) is 32.1 Å². The number of likely N-dealkylation sites (tertiary alicyclic amines) is 1. The highest BCUT2D eigenvalue weighted by atomic mass is 19.1. The highest BCUT2D eigenvalue weighted by Gasteiger charge is 2.25. The smallest absolute Gasteiger partial charge is 0.123 e. The van der Waals surface area contributed by atoms with E-state index in [4.69, 9.17) is 0 Å². The molecule has 3 nitrogen and oxygen atoms in total. The van der Waals surface area contributed by atoms with Crippen LogP contribution in [0.1, 0.15) is 37.7 Å². The van der Waals surface area contributed by atoms with Gasteiger partial charge in [0, 0.05) is 24.2 Å². The second-order valence-corrected chi connectivity index (χ2v) is 7.35. The molecule has 0 bridgehead atoms. The van der Waals surface area contributed by atoms with Gasteiger partial charge in [0.2, 0.25) is 0 Å². The van der Waals surface area contributed by atoms with E-state index >= 15 is 0 Å². The predicted molar refractivity (Wildman–Crippen MR) is 108 cm³/mol. The minimum absolute atomic E-state index is 0.209. The lowest BCUT2D eigenvalue weighted by Gasteiger charge is -2.32. The van der Waals surface area contributed by atoms with Gasteiger partial charge in [-0.05, 0) is 97.9 Å². The van der Waals surface area contributed by atoms with Gasteiger partial charge < -0.3 is 9.88 Å². The maximum atomic E-state index is 13.4. The molecule has 0 unspecified atom stereocenters. The third kappa shape index (κ3) is 3.81. The predicted octanol–water partition coefficient (Wildman–Crippen LogP) is 5.47. The minimum Gasteiger partial charge on any atom is -0.360 e. The summed E-state index contributed by atoms with van der Waals surface area (Å²) in [6.07, 6.45) is 9.41. The quantitative estimate of drug-likeness (QED) is 0.651. The number of pyridine rings is 1. The molecule has 1 aliphatic rings. The lowest BCUT2D eigenvalue weighted by Crippen LogP contribution is -2.33. The summed E-state index contributed by atoms with van der Waals surface area (Å²) < 4.78 is 13.4. The van der Waals surface area contributed by atoms with E-state index in [0.29, 0.717) is 5.92 Å². The summed E-state index contributed by atoms with van der Waals surface area (Å²) in [5.74, 6) is 0.339. The topological polar surface area (TPSA) is 31.9 Å². The maximum Gasteiger partial charge on any atom is 0.123 e. The summed E-state index contributed by atoms with van der Waals surface area (Å²) in [5, 5.41) is 0. The van der Waals surface area contributed by atoms with Gasteiger partial charge in [-0.15, -0.1) is 0 Å². The fourth-order valence-electron chi connectivity index (χ4n) is 4.22. The Kier molecular flexibility index (Phi) is 5.35. The number of aromatic nitrogens is 2. The Morgan fingerprint density at radius 3 is 2.41 bits per heavy atom. The number of hydrogen-bond donors (Lipinski definition) is 1. The van der Waals surface area contributed by atoms with E-state index in [1.165, 1.54) is 49.1 Å². The number of benzene rings is 1. The van der Waals surface area contributed by atoms with E-state index in [2.05, 4.69) is 40.1 Å². The molecule has 2 aromatic heterocycles. The lowest BCUT2D eigenvalue weighted by molar-refractivity contribution is 0.213. The molecule has 4 heteroatoms. The first-order valence-corrected chi connectivity index (χ1v) is 9.86. The van der Waals surface area contributed by atoms with Gasteiger partial charge in [0.15, 0.2) is 0 Å². The Hall–Kier alpha value is -2.46. The van der Waals surface area contributed by atoms with Gasteiger partial charge in [-0.2, -0.15) is 0 Å². The van der Waals surface area contributed by atoms with Crippen molar-refractivity contribution in [2.75, 3.05) is 19.6 Å². The molecule has 0 radical (unpaired) electrons. The molecule has 3 heterocycles. The largest absolute Gasteiger partial charge is 0.360 e. The summed E-state index contributed by atoms with van der Waals surface area (Å²) in [4.78, 5) is 10.2. The van der Waals surface area contributed by atoms with Gasteiger partial charge in [-0.1, -0.05) is 6.92 Å². The Bertz CT molecular complexity index is 862. The van der Waals surface area contributed by atoms with Crippen molar-refractivity contribution in [3.05, 3.63) is 66.4 Å². The summed E-state index contributed by atoms with van der Waals surface area (Å²) in [7, 11) is 0. The van der Waals surface area contributed by atoms with E-state index in [9.17, 15) is 4.39 Å². The first kappa shape index (κ1) is 17.9. The Balaban J connectivity index is 1.71. The Morgan fingerprint density at radius 2 is 1.74 bits per heavy atom. The summed E-state index contributed by atoms with van der Waals surface area (Å²) in [5.41, 5.74) is 5.84. The molecule has 27 heavy (non-hydrogen) atoms. The second-order valence-electron chi connectivity index (χ2n) is 7.35. The number of aromatic amines is 1. The van der Waals surface area contributed by atoms with E-state index in [0.717, 1.165) is 29.9 Å². The molecule has 1 fully saturated rings. The van der Waals surface area contributed by atoms with Crippen molar-refractivity contribution >= 4 is 0 Å². The normalized spacial score (nSPS) is 15.9. The highest BCUT2D eigenvalue weighted by Crippen LogP contribution is 2.41. The molecule has 0 spiro atoms. The third-order valence-corrected chi connectivity index (χ3v) is 5.58. The molecule has 1 N–H and O–H groups in total. The lowest BCUT2D eigenvalue weighted by atomic mass is 9.85. The van der Waals surface area contributed by atoms with E-state index in [1.807, 2.05) is 24.5 Å². The molecule has 1 aromatic carbocycles. The van der Waals surface area contributed by atoms with Crippen molar-refractivity contribution in [2.24, 2.45) is 0 Å². The zero-order valence-corrected chi connectivity index (χ0v) is 15.8. The fraction of sp³-hybridized carbons (Fsp3) is 0.348. The molecule has 1 aliphatic heterocycles. The van der Waals surface area contributed by atoms with Crippen LogP contribution in [-0.2, 0) is 0 Å². The monoisotopic (exact) mass is 363 g/mol. The number of nitrogens with one attached hydrogen (secondary N) is 1. The number of rotatable bonds is 5. The summed E-state index contributed by atoms with van der Waals surface area (Å²) >= 11 is 0. The average Bonchev–Trinajstić information content (AvgIpc) is 3.15. The SMILES string of the molecule is CCCN1CCC(c2c[nH]c(-c3ccc(F)cc3)c2-c2ccncc2)CC1. The van der Waals surface area contributed by atoms with Crippen molar-refractivity contribution in [1.82, 2.24) is 14.9 Å². The number of piperidine rings is 1. The maximum absolute atomic E-state index is 13.4. The molecule has 140 valence electrons. The minimum atomic E-state index is -0.209. The Labute approximate surface area is 160 Å². The molecule has 1 saturated heterocycles. The van der Waals surface area contributed by atoms with E-state index in [-0.39, 0.29) is 5.82 Å². The van der Waals surface area contributed by atoms with Gasteiger partial charge in [0.1, 0.15) is 5.82 Å². The molecule has 0 amide bonds. The van der Waals surface area contributed by atoms with E-state index < -0.39 is 0 Å². The molecule has 0 saturated carbocycles. The zero-order chi connectivity index (χ0) is 18.6. The van der Waals surface area contributed by atoms with E-state index in [1.54, 1.807) is 0 Å². The van der Waals surface area contributed by atoms with Crippen LogP contribution in [0.25, 0.3) is 22.4 Å².